The minimum atomic E-state index is -4.88. The van der Waals surface area contributed by atoms with E-state index in [1.54, 1.807) is 0 Å². The molecule has 30 heavy (non-hydrogen) atoms. The monoisotopic (exact) mass is 420 g/mol. The molecule has 0 fully saturated rings. The molecule has 156 valence electrons. The van der Waals surface area contributed by atoms with Crippen molar-refractivity contribution in [1.29, 1.82) is 0 Å². The van der Waals surface area contributed by atoms with Crippen molar-refractivity contribution in [2.75, 3.05) is 0 Å². The van der Waals surface area contributed by atoms with Gasteiger partial charge in [-0.15, -0.1) is 0 Å². The van der Waals surface area contributed by atoms with Gasteiger partial charge < -0.3 is 0 Å². The van der Waals surface area contributed by atoms with Gasteiger partial charge in [0.05, 0.1) is 11.1 Å². The number of rotatable bonds is 4. The first-order valence-electron chi connectivity index (χ1n) is 9.71. The fraction of sp³-hybridized carbons (Fsp3) is 0.250. The lowest BCUT2D eigenvalue weighted by Crippen LogP contribution is -2.08. The number of aryl methyl sites for hydroxylation is 1. The van der Waals surface area contributed by atoms with Gasteiger partial charge >= 0.3 is 6.18 Å². The Morgan fingerprint density at radius 1 is 0.867 bits per heavy atom. The number of halogens is 6. The maximum atomic E-state index is 15.3. The normalized spacial score (nSPS) is 12.8. The lowest BCUT2D eigenvalue weighted by Gasteiger charge is -2.13. The largest absolute Gasteiger partial charge is 0.419 e. The molecular weight excluding hydrogens is 402 g/mol. The molecule has 0 atom stereocenters. The van der Waals surface area contributed by atoms with Gasteiger partial charge in [-0.2, -0.15) is 13.2 Å². The highest BCUT2D eigenvalue weighted by Crippen LogP contribution is 2.43. The molecule has 3 aromatic rings. The van der Waals surface area contributed by atoms with Crippen molar-refractivity contribution in [3.05, 3.63) is 82.2 Å². The van der Waals surface area contributed by atoms with E-state index in [0.717, 1.165) is 42.0 Å². The van der Waals surface area contributed by atoms with E-state index >= 15 is 4.39 Å². The van der Waals surface area contributed by atoms with Crippen molar-refractivity contribution >= 4 is 0 Å². The summed E-state index contributed by atoms with van der Waals surface area (Å²) >= 11 is 0. The summed E-state index contributed by atoms with van der Waals surface area (Å²) in [6, 6.07) is 8.89. The van der Waals surface area contributed by atoms with E-state index in [9.17, 15) is 22.0 Å². The van der Waals surface area contributed by atoms with E-state index in [4.69, 9.17) is 0 Å². The minimum Gasteiger partial charge on any atom is -0.206 e. The van der Waals surface area contributed by atoms with Gasteiger partial charge in [-0.05, 0) is 58.9 Å². The van der Waals surface area contributed by atoms with E-state index in [1.165, 1.54) is 6.07 Å². The summed E-state index contributed by atoms with van der Waals surface area (Å²) < 4.78 is 82.4. The average molecular weight is 420 g/mol. The molecule has 6 heteroatoms. The number of hydrogen-bond acceptors (Lipinski definition) is 0. The Kier molecular flexibility index (Phi) is 5.12. The van der Waals surface area contributed by atoms with Gasteiger partial charge in [0.25, 0.3) is 0 Å². The smallest absolute Gasteiger partial charge is 0.206 e. The Hall–Kier alpha value is -2.76. The molecule has 4 rings (SSSR count). The van der Waals surface area contributed by atoms with Crippen LogP contribution in [0, 0.1) is 17.5 Å². The topological polar surface area (TPSA) is 0 Å². The summed E-state index contributed by atoms with van der Waals surface area (Å²) in [6.45, 7) is 2.09. The zero-order valence-electron chi connectivity index (χ0n) is 16.1. The number of hydrogen-bond donors (Lipinski definition) is 0. The Bertz CT molecular complexity index is 1130. The van der Waals surface area contributed by atoms with Crippen LogP contribution in [-0.2, 0) is 19.0 Å². The standard InChI is InChI=1S/C24H18F6/c1-2-3-4-13-5-7-16-15(9-13)10-18-17(16)12-21(26)22(23(18)27)14-6-8-19(20(25)11-14)24(28,29)30/h5-9,11-12H,2-4,10H2,1H3. The van der Waals surface area contributed by atoms with E-state index in [1.807, 2.05) is 18.2 Å². The first-order valence-corrected chi connectivity index (χ1v) is 9.71. The molecule has 0 amide bonds. The number of benzene rings is 3. The van der Waals surface area contributed by atoms with Gasteiger partial charge in [-0.25, -0.2) is 13.2 Å². The van der Waals surface area contributed by atoms with Gasteiger partial charge in [0.15, 0.2) is 0 Å². The van der Waals surface area contributed by atoms with E-state index in [-0.39, 0.29) is 17.5 Å². The Morgan fingerprint density at radius 2 is 1.63 bits per heavy atom. The van der Waals surface area contributed by atoms with Crippen LogP contribution < -0.4 is 0 Å². The van der Waals surface area contributed by atoms with Crippen LogP contribution >= 0.6 is 0 Å². The van der Waals surface area contributed by atoms with E-state index in [2.05, 4.69) is 6.92 Å². The molecule has 0 heterocycles. The number of unbranched alkanes of at least 4 members (excludes halogenated alkanes) is 1. The quantitative estimate of drug-likeness (QED) is 0.297. The molecule has 0 nitrogen and oxygen atoms in total. The van der Waals surface area contributed by atoms with Crippen LogP contribution in [0.15, 0.2) is 42.5 Å². The van der Waals surface area contributed by atoms with Gasteiger partial charge in [0.2, 0.25) is 0 Å². The molecule has 0 aliphatic heterocycles. The molecule has 0 N–H and O–H groups in total. The summed E-state index contributed by atoms with van der Waals surface area (Å²) in [6.07, 6.45) is -1.66. The Balaban J connectivity index is 1.77. The van der Waals surface area contributed by atoms with Crippen molar-refractivity contribution in [2.24, 2.45) is 0 Å². The van der Waals surface area contributed by atoms with Crippen LogP contribution in [0.25, 0.3) is 22.3 Å². The SMILES string of the molecule is CCCCc1ccc2c(c1)Cc1c-2cc(F)c(-c2ccc(C(F)(F)F)c(F)c2)c1F. The second kappa shape index (κ2) is 7.49. The molecular formula is C24H18F6. The number of alkyl halides is 3. The third kappa shape index (κ3) is 3.48. The van der Waals surface area contributed by atoms with Crippen molar-refractivity contribution in [1.82, 2.24) is 0 Å². The van der Waals surface area contributed by atoms with E-state index in [0.29, 0.717) is 17.7 Å². The van der Waals surface area contributed by atoms with Crippen LogP contribution in [0.1, 0.15) is 42.0 Å². The highest BCUT2D eigenvalue weighted by atomic mass is 19.4. The molecule has 0 saturated carbocycles. The first kappa shape index (κ1) is 20.5. The molecule has 1 aliphatic rings. The predicted molar refractivity (Wildman–Crippen MR) is 104 cm³/mol. The molecule has 1 aliphatic carbocycles. The zero-order valence-corrected chi connectivity index (χ0v) is 16.1. The molecule has 0 aromatic heterocycles. The fourth-order valence-corrected chi connectivity index (χ4v) is 4.02. The third-order valence-corrected chi connectivity index (χ3v) is 5.53. The van der Waals surface area contributed by atoms with Gasteiger partial charge in [0, 0.05) is 12.0 Å². The van der Waals surface area contributed by atoms with Crippen LogP contribution in [0.3, 0.4) is 0 Å². The van der Waals surface area contributed by atoms with Gasteiger partial charge in [-0.1, -0.05) is 37.6 Å². The van der Waals surface area contributed by atoms with Gasteiger partial charge in [0.1, 0.15) is 17.5 Å². The summed E-state index contributed by atoms with van der Waals surface area (Å²) in [5, 5.41) is 0. The average Bonchev–Trinajstić information content (AvgIpc) is 3.03. The first-order chi connectivity index (χ1) is 14.2. The van der Waals surface area contributed by atoms with Gasteiger partial charge in [-0.3, -0.25) is 0 Å². The highest BCUT2D eigenvalue weighted by molar-refractivity contribution is 5.81. The molecule has 0 bridgehead atoms. The molecule has 3 aromatic carbocycles. The Morgan fingerprint density at radius 3 is 2.30 bits per heavy atom. The second-order valence-electron chi connectivity index (χ2n) is 7.54. The van der Waals surface area contributed by atoms with Crippen molar-refractivity contribution in [3.63, 3.8) is 0 Å². The van der Waals surface area contributed by atoms with Crippen molar-refractivity contribution in [3.8, 4) is 22.3 Å². The van der Waals surface area contributed by atoms with Crippen molar-refractivity contribution in [2.45, 2.75) is 38.8 Å². The summed E-state index contributed by atoms with van der Waals surface area (Å²) in [4.78, 5) is 0. The minimum absolute atomic E-state index is 0.257. The summed E-state index contributed by atoms with van der Waals surface area (Å²) in [7, 11) is 0. The maximum absolute atomic E-state index is 15.3. The lowest BCUT2D eigenvalue weighted by molar-refractivity contribution is -0.139. The summed E-state index contributed by atoms with van der Waals surface area (Å²) in [5.74, 6) is -3.37. The highest BCUT2D eigenvalue weighted by Gasteiger charge is 2.34. The van der Waals surface area contributed by atoms with Crippen LogP contribution in [-0.4, -0.2) is 0 Å². The molecule has 0 spiro atoms. The van der Waals surface area contributed by atoms with Crippen LogP contribution in [0.2, 0.25) is 0 Å². The molecule has 0 radical (unpaired) electrons. The predicted octanol–water partition coefficient (Wildman–Crippen LogP) is 7.70. The lowest BCUT2D eigenvalue weighted by atomic mass is 9.96. The maximum Gasteiger partial charge on any atom is 0.419 e. The molecule has 0 unspecified atom stereocenters. The fourth-order valence-electron chi connectivity index (χ4n) is 4.02. The Labute approximate surface area is 170 Å². The number of fused-ring (bicyclic) bond motifs is 3. The van der Waals surface area contributed by atoms with Crippen molar-refractivity contribution < 1.29 is 26.3 Å². The second-order valence-corrected chi connectivity index (χ2v) is 7.54. The van der Waals surface area contributed by atoms with Crippen LogP contribution in [0.5, 0.6) is 0 Å². The zero-order chi connectivity index (χ0) is 21.6. The third-order valence-electron chi connectivity index (χ3n) is 5.53. The van der Waals surface area contributed by atoms with Crippen LogP contribution in [0.4, 0.5) is 26.3 Å². The summed E-state index contributed by atoms with van der Waals surface area (Å²) in [5.41, 5.74) is 1.20. The van der Waals surface area contributed by atoms with E-state index < -0.39 is 34.8 Å². The molecule has 0 saturated heterocycles.